The highest BCUT2D eigenvalue weighted by Crippen LogP contribution is 2.59. The van der Waals surface area contributed by atoms with E-state index in [2.05, 4.69) is 24.8 Å². The maximum atomic E-state index is 10.2. The van der Waals surface area contributed by atoms with Crippen LogP contribution < -0.4 is 0 Å². The van der Waals surface area contributed by atoms with Gasteiger partial charge in [-0.15, -0.1) is 0 Å². The Morgan fingerprint density at radius 3 is 2.78 bits per heavy atom. The minimum Gasteiger partial charge on any atom is -0.393 e. The van der Waals surface area contributed by atoms with E-state index in [0.29, 0.717) is 37.0 Å². The zero-order valence-electron chi connectivity index (χ0n) is 14.9. The monoisotopic (exact) mass is 323 g/mol. The van der Waals surface area contributed by atoms with E-state index in [1.54, 1.807) is 0 Å². The van der Waals surface area contributed by atoms with Crippen LogP contribution in [0.1, 0.15) is 40.0 Å². The van der Waals surface area contributed by atoms with Gasteiger partial charge in [-0.3, -0.25) is 0 Å². The molecular formula is C19H33NO3. The van der Waals surface area contributed by atoms with E-state index >= 15 is 0 Å². The van der Waals surface area contributed by atoms with Gasteiger partial charge in [0.05, 0.1) is 25.4 Å². The fourth-order valence-electron chi connectivity index (χ4n) is 4.73. The molecule has 0 amide bonds. The number of hydrogen-bond acceptors (Lipinski definition) is 4. The SMILES string of the molecule is CC(O)C1CCN(CC(O)COCC2=CCC3CC2C3(C)C)C1. The van der Waals surface area contributed by atoms with Crippen LogP contribution in [0, 0.1) is 23.2 Å². The molecule has 0 spiro atoms. The summed E-state index contributed by atoms with van der Waals surface area (Å²) in [5, 5.41) is 19.8. The Bertz CT molecular complexity index is 446. The van der Waals surface area contributed by atoms with Gasteiger partial charge in [-0.1, -0.05) is 19.9 Å². The topological polar surface area (TPSA) is 52.9 Å². The smallest absolute Gasteiger partial charge is 0.0900 e. The van der Waals surface area contributed by atoms with Crippen LogP contribution in [0.25, 0.3) is 0 Å². The predicted octanol–water partition coefficient (Wildman–Crippen LogP) is 2.06. The molecule has 132 valence electrons. The number of ether oxygens (including phenoxy) is 1. The Kier molecular flexibility index (Phi) is 5.17. The third kappa shape index (κ3) is 3.65. The highest BCUT2D eigenvalue weighted by Gasteiger charge is 2.50. The van der Waals surface area contributed by atoms with E-state index in [1.807, 2.05) is 6.92 Å². The number of rotatable bonds is 7. The summed E-state index contributed by atoms with van der Waals surface area (Å²) >= 11 is 0. The summed E-state index contributed by atoms with van der Waals surface area (Å²) in [7, 11) is 0. The number of aliphatic hydroxyl groups is 2. The minimum atomic E-state index is -0.436. The van der Waals surface area contributed by atoms with Gasteiger partial charge >= 0.3 is 0 Å². The fraction of sp³-hybridized carbons (Fsp3) is 0.895. The first-order valence-electron chi connectivity index (χ1n) is 9.23. The largest absolute Gasteiger partial charge is 0.393 e. The van der Waals surface area contributed by atoms with Crippen molar-refractivity contribution in [2.45, 2.75) is 52.2 Å². The third-order valence-corrected chi connectivity index (χ3v) is 6.62. The maximum absolute atomic E-state index is 10.2. The molecular weight excluding hydrogens is 290 g/mol. The number of β-amino-alcohol motifs (C(OH)–C–C–N with tert-alkyl or cyclic N) is 1. The summed E-state index contributed by atoms with van der Waals surface area (Å²) in [6, 6.07) is 0. The zero-order chi connectivity index (χ0) is 16.6. The van der Waals surface area contributed by atoms with Crippen LogP contribution in [0.3, 0.4) is 0 Å². The molecule has 5 atom stereocenters. The zero-order valence-corrected chi connectivity index (χ0v) is 14.9. The molecule has 0 aromatic carbocycles. The number of likely N-dealkylation sites (tertiary alicyclic amines) is 1. The van der Waals surface area contributed by atoms with Crippen molar-refractivity contribution in [3.8, 4) is 0 Å². The first-order chi connectivity index (χ1) is 10.9. The summed E-state index contributed by atoms with van der Waals surface area (Å²) in [5.41, 5.74) is 1.89. The Balaban J connectivity index is 1.36. The lowest BCUT2D eigenvalue weighted by atomic mass is 9.49. The molecule has 4 heteroatoms. The quantitative estimate of drug-likeness (QED) is 0.704. The first-order valence-corrected chi connectivity index (χ1v) is 9.23. The third-order valence-electron chi connectivity index (χ3n) is 6.62. The van der Waals surface area contributed by atoms with E-state index in [0.717, 1.165) is 25.4 Å². The highest BCUT2D eigenvalue weighted by molar-refractivity contribution is 5.23. The molecule has 2 bridgehead atoms. The summed E-state index contributed by atoms with van der Waals surface area (Å²) in [6.45, 7) is 10.2. The van der Waals surface area contributed by atoms with E-state index in [-0.39, 0.29) is 6.10 Å². The fourth-order valence-corrected chi connectivity index (χ4v) is 4.73. The molecule has 4 rings (SSSR count). The van der Waals surface area contributed by atoms with E-state index in [4.69, 9.17) is 4.74 Å². The van der Waals surface area contributed by atoms with Gasteiger partial charge in [0.25, 0.3) is 0 Å². The standard InChI is InChI=1S/C19H33NO3/c1-13(21)14-6-7-20(9-14)10-17(22)12-23-11-15-4-5-16-8-18(15)19(16,2)3/h4,13-14,16-18,21-22H,5-12H2,1-3H3. The van der Waals surface area contributed by atoms with Crippen molar-refractivity contribution in [2.24, 2.45) is 23.2 Å². The Hall–Kier alpha value is -0.420. The molecule has 1 heterocycles. The summed E-state index contributed by atoms with van der Waals surface area (Å²) < 4.78 is 5.81. The highest BCUT2D eigenvalue weighted by atomic mass is 16.5. The van der Waals surface area contributed by atoms with Crippen molar-refractivity contribution in [3.63, 3.8) is 0 Å². The molecule has 0 radical (unpaired) electrons. The van der Waals surface area contributed by atoms with E-state index in [1.165, 1.54) is 18.4 Å². The summed E-state index contributed by atoms with van der Waals surface area (Å²) in [5.74, 6) is 1.90. The average molecular weight is 323 g/mol. The molecule has 1 aliphatic heterocycles. The van der Waals surface area contributed by atoms with Gasteiger partial charge in [-0.05, 0) is 61.5 Å². The molecule has 1 saturated carbocycles. The van der Waals surface area contributed by atoms with Gasteiger partial charge < -0.3 is 19.8 Å². The van der Waals surface area contributed by atoms with Gasteiger partial charge in [0.2, 0.25) is 0 Å². The second kappa shape index (κ2) is 6.83. The van der Waals surface area contributed by atoms with Crippen molar-refractivity contribution >= 4 is 0 Å². The lowest BCUT2D eigenvalue weighted by Gasteiger charge is -2.56. The minimum absolute atomic E-state index is 0.249. The normalized spacial score (nSPS) is 35.5. The van der Waals surface area contributed by atoms with Crippen LogP contribution in [0.15, 0.2) is 11.6 Å². The van der Waals surface area contributed by atoms with Gasteiger partial charge in [0, 0.05) is 13.1 Å². The second-order valence-corrected chi connectivity index (χ2v) is 8.54. The molecule has 5 unspecified atom stereocenters. The van der Waals surface area contributed by atoms with Gasteiger partial charge in [-0.25, -0.2) is 0 Å². The van der Waals surface area contributed by atoms with Crippen molar-refractivity contribution in [2.75, 3.05) is 32.8 Å². The molecule has 2 fully saturated rings. The Morgan fingerprint density at radius 2 is 2.17 bits per heavy atom. The molecule has 4 nitrogen and oxygen atoms in total. The number of aliphatic hydroxyl groups excluding tert-OH is 2. The van der Waals surface area contributed by atoms with E-state index < -0.39 is 6.10 Å². The average Bonchev–Trinajstić information content (AvgIpc) is 2.96. The van der Waals surface area contributed by atoms with Crippen LogP contribution >= 0.6 is 0 Å². The van der Waals surface area contributed by atoms with Gasteiger partial charge in [0.1, 0.15) is 0 Å². The molecule has 1 saturated heterocycles. The lowest BCUT2D eigenvalue weighted by Crippen LogP contribution is -2.48. The molecule has 2 N–H and O–H groups in total. The maximum Gasteiger partial charge on any atom is 0.0900 e. The van der Waals surface area contributed by atoms with Crippen LogP contribution in [0.5, 0.6) is 0 Å². The number of nitrogens with zero attached hydrogens (tertiary/aromatic N) is 1. The Morgan fingerprint density at radius 1 is 1.39 bits per heavy atom. The van der Waals surface area contributed by atoms with Crippen molar-refractivity contribution in [1.29, 1.82) is 0 Å². The lowest BCUT2D eigenvalue weighted by molar-refractivity contribution is -0.0258. The van der Waals surface area contributed by atoms with Crippen molar-refractivity contribution in [3.05, 3.63) is 11.6 Å². The van der Waals surface area contributed by atoms with E-state index in [9.17, 15) is 10.2 Å². The number of allylic oxidation sites excluding steroid dienone is 1. The molecule has 0 aromatic rings. The van der Waals surface area contributed by atoms with Crippen LogP contribution in [0.4, 0.5) is 0 Å². The van der Waals surface area contributed by atoms with Gasteiger partial charge in [-0.2, -0.15) is 0 Å². The van der Waals surface area contributed by atoms with Crippen LogP contribution in [-0.2, 0) is 4.74 Å². The van der Waals surface area contributed by atoms with Gasteiger partial charge in [0.15, 0.2) is 0 Å². The van der Waals surface area contributed by atoms with Crippen LogP contribution in [-0.4, -0.2) is 60.2 Å². The molecule has 4 aliphatic rings. The summed E-state index contributed by atoms with van der Waals surface area (Å²) in [6.07, 6.45) is 5.22. The number of fused-ring (bicyclic) bond motifs is 1. The predicted molar refractivity (Wildman–Crippen MR) is 91.1 cm³/mol. The van der Waals surface area contributed by atoms with Crippen LogP contribution in [0.2, 0.25) is 0 Å². The van der Waals surface area contributed by atoms with Crippen molar-refractivity contribution in [1.82, 2.24) is 4.90 Å². The molecule has 23 heavy (non-hydrogen) atoms. The molecule has 0 aromatic heterocycles. The van der Waals surface area contributed by atoms with Crippen molar-refractivity contribution < 1.29 is 14.9 Å². The first kappa shape index (κ1) is 17.4. The second-order valence-electron chi connectivity index (χ2n) is 8.54. The summed E-state index contributed by atoms with van der Waals surface area (Å²) in [4.78, 5) is 2.24. The Labute approximate surface area is 140 Å². The number of hydrogen-bond donors (Lipinski definition) is 2. The molecule has 3 aliphatic carbocycles.